The number of hydrogen-bond donors (Lipinski definition) is 1. The lowest BCUT2D eigenvalue weighted by Crippen LogP contribution is -2.20. The third-order valence-corrected chi connectivity index (χ3v) is 4.41. The van der Waals surface area contributed by atoms with Gasteiger partial charge in [-0.25, -0.2) is 4.98 Å². The highest BCUT2D eigenvalue weighted by molar-refractivity contribution is 5.20. The van der Waals surface area contributed by atoms with E-state index in [9.17, 15) is 0 Å². The molecule has 6 nitrogen and oxygen atoms in total. The summed E-state index contributed by atoms with van der Waals surface area (Å²) in [6.45, 7) is 1.06. The van der Waals surface area contributed by atoms with Gasteiger partial charge in [0.15, 0.2) is 0 Å². The fourth-order valence-corrected chi connectivity index (χ4v) is 3.39. The molecule has 0 radical (unpaired) electrons. The molecule has 1 N–H and O–H groups in total. The van der Waals surface area contributed by atoms with E-state index >= 15 is 0 Å². The van der Waals surface area contributed by atoms with Gasteiger partial charge in [0.1, 0.15) is 0 Å². The van der Waals surface area contributed by atoms with Crippen molar-refractivity contribution in [2.75, 3.05) is 0 Å². The van der Waals surface area contributed by atoms with Crippen LogP contribution in [0, 0.1) is 16.0 Å². The molecule has 1 saturated carbocycles. The normalized spacial score (nSPS) is 16.2. The van der Waals surface area contributed by atoms with Crippen LogP contribution in [0.15, 0.2) is 49.1 Å². The standard InChI is InChI=1S/C17H22N2.HNO3/c1-3-7-15(8-4-1)17(13-19-12-11-18-14-19)16-9-5-2-6-10-16;2-1(3)4/h1,3-4,7-8,11-12,14,16-17H,2,5-6,9-10,13H2;(H,2,3,4). The lowest BCUT2D eigenvalue weighted by Gasteiger charge is -2.31. The molecule has 1 heterocycles. The van der Waals surface area contributed by atoms with Gasteiger partial charge in [-0.1, -0.05) is 49.6 Å². The highest BCUT2D eigenvalue weighted by Crippen LogP contribution is 2.37. The molecule has 124 valence electrons. The molecule has 1 unspecified atom stereocenters. The van der Waals surface area contributed by atoms with Crippen molar-refractivity contribution in [2.45, 2.75) is 44.6 Å². The van der Waals surface area contributed by atoms with E-state index < -0.39 is 5.09 Å². The van der Waals surface area contributed by atoms with E-state index in [0.717, 1.165) is 12.5 Å². The van der Waals surface area contributed by atoms with Crippen LogP contribution < -0.4 is 0 Å². The number of benzene rings is 1. The zero-order chi connectivity index (χ0) is 16.5. The van der Waals surface area contributed by atoms with Gasteiger partial charge in [-0.15, -0.1) is 10.1 Å². The van der Waals surface area contributed by atoms with E-state index in [1.54, 1.807) is 0 Å². The van der Waals surface area contributed by atoms with Crippen molar-refractivity contribution in [1.82, 2.24) is 9.55 Å². The van der Waals surface area contributed by atoms with Crippen molar-refractivity contribution in [2.24, 2.45) is 5.92 Å². The second kappa shape index (κ2) is 8.92. The molecule has 0 aliphatic heterocycles. The largest absolute Gasteiger partial charge is 0.337 e. The summed E-state index contributed by atoms with van der Waals surface area (Å²) in [7, 11) is 0. The quantitative estimate of drug-likeness (QED) is 0.685. The van der Waals surface area contributed by atoms with E-state index in [4.69, 9.17) is 15.3 Å². The van der Waals surface area contributed by atoms with E-state index in [0.29, 0.717) is 5.92 Å². The fourth-order valence-electron chi connectivity index (χ4n) is 3.39. The number of hydrogen-bond acceptors (Lipinski definition) is 3. The zero-order valence-electron chi connectivity index (χ0n) is 13.1. The molecule has 1 atom stereocenters. The van der Waals surface area contributed by atoms with Crippen LogP contribution in [-0.2, 0) is 6.54 Å². The van der Waals surface area contributed by atoms with Crippen LogP contribution in [-0.4, -0.2) is 19.8 Å². The van der Waals surface area contributed by atoms with Gasteiger partial charge in [-0.3, -0.25) is 0 Å². The van der Waals surface area contributed by atoms with Gasteiger partial charge in [0.25, 0.3) is 5.09 Å². The van der Waals surface area contributed by atoms with Crippen LogP contribution in [0.2, 0.25) is 0 Å². The summed E-state index contributed by atoms with van der Waals surface area (Å²) in [5.74, 6) is 1.47. The van der Waals surface area contributed by atoms with Crippen molar-refractivity contribution in [1.29, 1.82) is 0 Å². The SMILES string of the molecule is O=[N+]([O-])O.c1ccc(C(Cn2ccnc2)C2CCCCC2)cc1. The Hall–Kier alpha value is -2.37. The van der Waals surface area contributed by atoms with Gasteiger partial charge < -0.3 is 9.77 Å². The Morgan fingerprint density at radius 2 is 1.91 bits per heavy atom. The summed E-state index contributed by atoms with van der Waals surface area (Å²) in [4.78, 5) is 12.5. The van der Waals surface area contributed by atoms with Crippen LogP contribution in [0.5, 0.6) is 0 Å². The first kappa shape index (κ1) is 17.0. The van der Waals surface area contributed by atoms with Crippen molar-refractivity contribution >= 4 is 0 Å². The second-order valence-corrected chi connectivity index (χ2v) is 5.91. The number of imidazole rings is 1. The Labute approximate surface area is 135 Å². The molecule has 6 heteroatoms. The minimum absolute atomic E-state index is 0.635. The van der Waals surface area contributed by atoms with Crippen molar-refractivity contribution < 1.29 is 10.3 Å². The van der Waals surface area contributed by atoms with E-state index in [1.165, 1.54) is 37.7 Å². The zero-order valence-corrected chi connectivity index (χ0v) is 13.1. The third kappa shape index (κ3) is 5.73. The Kier molecular flexibility index (Phi) is 6.59. The van der Waals surface area contributed by atoms with Crippen LogP contribution >= 0.6 is 0 Å². The van der Waals surface area contributed by atoms with Gasteiger partial charge in [0.2, 0.25) is 0 Å². The smallest absolute Gasteiger partial charge is 0.291 e. The summed E-state index contributed by atoms with van der Waals surface area (Å²) >= 11 is 0. The maximum Gasteiger partial charge on any atom is 0.291 e. The minimum Gasteiger partial charge on any atom is -0.337 e. The summed E-state index contributed by atoms with van der Waals surface area (Å²) in [6.07, 6.45) is 12.9. The average Bonchev–Trinajstić information content (AvgIpc) is 3.07. The summed E-state index contributed by atoms with van der Waals surface area (Å²) in [5, 5.41) is 13.6. The van der Waals surface area contributed by atoms with E-state index in [1.807, 2.05) is 12.5 Å². The molecule has 23 heavy (non-hydrogen) atoms. The van der Waals surface area contributed by atoms with E-state index in [-0.39, 0.29) is 0 Å². The van der Waals surface area contributed by atoms with Gasteiger partial charge in [-0.05, 0) is 24.3 Å². The number of rotatable bonds is 4. The molecular weight excluding hydrogens is 294 g/mol. The van der Waals surface area contributed by atoms with Crippen molar-refractivity contribution in [3.8, 4) is 0 Å². The first-order valence-corrected chi connectivity index (χ1v) is 8.00. The second-order valence-electron chi connectivity index (χ2n) is 5.91. The number of nitrogens with zero attached hydrogens (tertiary/aromatic N) is 3. The molecule has 1 aliphatic rings. The summed E-state index contributed by atoms with van der Waals surface area (Å²) in [6, 6.07) is 11.0. The average molecular weight is 317 g/mol. The molecule has 1 aromatic heterocycles. The molecular formula is C17H23N3O3. The molecule has 0 spiro atoms. The molecule has 0 saturated heterocycles. The van der Waals surface area contributed by atoms with Gasteiger partial charge in [0, 0.05) is 24.9 Å². The highest BCUT2D eigenvalue weighted by Gasteiger charge is 2.25. The van der Waals surface area contributed by atoms with Crippen molar-refractivity contribution in [3.05, 3.63) is 64.7 Å². The Morgan fingerprint density at radius 1 is 1.26 bits per heavy atom. The fraction of sp³-hybridized carbons (Fsp3) is 0.471. The van der Waals surface area contributed by atoms with Crippen LogP contribution in [0.25, 0.3) is 0 Å². The lowest BCUT2D eigenvalue weighted by molar-refractivity contribution is -0.742. The molecule has 3 rings (SSSR count). The van der Waals surface area contributed by atoms with Crippen LogP contribution in [0.1, 0.15) is 43.6 Å². The number of aromatic nitrogens is 2. The Morgan fingerprint density at radius 3 is 2.48 bits per heavy atom. The minimum atomic E-state index is -1.50. The maximum absolute atomic E-state index is 8.36. The maximum atomic E-state index is 8.36. The molecule has 1 aliphatic carbocycles. The van der Waals surface area contributed by atoms with E-state index in [2.05, 4.69) is 46.1 Å². The molecule has 2 aromatic rings. The molecule has 1 aromatic carbocycles. The van der Waals surface area contributed by atoms with Gasteiger partial charge in [0.05, 0.1) is 6.33 Å². The summed E-state index contributed by atoms with van der Waals surface area (Å²) < 4.78 is 2.23. The highest BCUT2D eigenvalue weighted by atomic mass is 16.9. The molecule has 0 bridgehead atoms. The molecule has 0 amide bonds. The first-order chi connectivity index (χ1) is 11.2. The van der Waals surface area contributed by atoms with Crippen LogP contribution in [0.3, 0.4) is 0 Å². The monoisotopic (exact) mass is 317 g/mol. The summed E-state index contributed by atoms with van der Waals surface area (Å²) in [5.41, 5.74) is 1.49. The van der Waals surface area contributed by atoms with Gasteiger partial charge in [-0.2, -0.15) is 0 Å². The topological polar surface area (TPSA) is 81.2 Å². The predicted molar refractivity (Wildman–Crippen MR) is 86.8 cm³/mol. The Bertz CT molecular complexity index is 562. The lowest BCUT2D eigenvalue weighted by atomic mass is 9.77. The molecule has 1 fully saturated rings. The third-order valence-electron chi connectivity index (χ3n) is 4.41. The van der Waals surface area contributed by atoms with Gasteiger partial charge >= 0.3 is 0 Å². The van der Waals surface area contributed by atoms with Crippen LogP contribution in [0.4, 0.5) is 0 Å². The predicted octanol–water partition coefficient (Wildman–Crippen LogP) is 3.90. The first-order valence-electron chi connectivity index (χ1n) is 8.00. The van der Waals surface area contributed by atoms with Crippen molar-refractivity contribution in [3.63, 3.8) is 0 Å². The Balaban J connectivity index is 0.000000433.